The van der Waals surface area contributed by atoms with Crippen LogP contribution in [0.15, 0.2) is 88.8 Å². The zero-order valence-corrected chi connectivity index (χ0v) is 14.2. The van der Waals surface area contributed by atoms with Crippen LogP contribution in [0.2, 0.25) is 0 Å². The summed E-state index contributed by atoms with van der Waals surface area (Å²) in [6.07, 6.45) is 1.54. The first kappa shape index (κ1) is 16.7. The number of para-hydroxylation sites is 2. The van der Waals surface area contributed by atoms with Gasteiger partial charge in [-0.1, -0.05) is 42.5 Å². The van der Waals surface area contributed by atoms with Gasteiger partial charge in [-0.15, -0.1) is 0 Å². The highest BCUT2D eigenvalue weighted by atomic mass is 19.1. The van der Waals surface area contributed by atoms with E-state index in [0.29, 0.717) is 22.5 Å². The molecule has 0 fully saturated rings. The molecule has 132 valence electrons. The van der Waals surface area contributed by atoms with E-state index < -0.39 is 0 Å². The number of aromatic nitrogens is 2. The molecular formula is C21H15FN4O. The molecule has 0 spiro atoms. The summed E-state index contributed by atoms with van der Waals surface area (Å²) in [6.45, 7) is 0. The van der Waals surface area contributed by atoms with Crippen LogP contribution in [0, 0.1) is 5.82 Å². The second-order valence-corrected chi connectivity index (χ2v) is 5.85. The van der Waals surface area contributed by atoms with Gasteiger partial charge in [0.15, 0.2) is 0 Å². The van der Waals surface area contributed by atoms with Crippen molar-refractivity contribution < 1.29 is 4.39 Å². The third-order valence-electron chi connectivity index (χ3n) is 4.04. The Kier molecular flexibility index (Phi) is 4.45. The van der Waals surface area contributed by atoms with E-state index in [-0.39, 0.29) is 11.4 Å². The molecule has 1 N–H and O–H groups in total. The summed E-state index contributed by atoms with van der Waals surface area (Å²) in [4.78, 5) is 17.5. The first-order valence-corrected chi connectivity index (χ1v) is 8.34. The maximum atomic E-state index is 13.0. The highest BCUT2D eigenvalue weighted by molar-refractivity contribution is 5.81. The van der Waals surface area contributed by atoms with Gasteiger partial charge in [-0.25, -0.2) is 19.4 Å². The van der Waals surface area contributed by atoms with Crippen molar-refractivity contribution in [2.75, 3.05) is 5.43 Å². The van der Waals surface area contributed by atoms with Crippen LogP contribution in [0.1, 0.15) is 5.56 Å². The molecule has 0 atom stereocenters. The largest absolute Gasteiger partial charge is 0.268 e. The number of hydrazone groups is 1. The van der Waals surface area contributed by atoms with Crippen LogP contribution >= 0.6 is 0 Å². The number of fused-ring (bicyclic) bond motifs is 1. The highest BCUT2D eigenvalue weighted by Gasteiger charge is 2.11. The van der Waals surface area contributed by atoms with Crippen LogP contribution in [0.4, 0.5) is 10.3 Å². The van der Waals surface area contributed by atoms with E-state index in [1.807, 2.05) is 36.4 Å². The summed E-state index contributed by atoms with van der Waals surface area (Å²) in [5.41, 5.74) is 4.63. The van der Waals surface area contributed by atoms with Gasteiger partial charge < -0.3 is 0 Å². The molecule has 0 bridgehead atoms. The van der Waals surface area contributed by atoms with Crippen LogP contribution in [-0.4, -0.2) is 15.8 Å². The van der Waals surface area contributed by atoms with Crippen LogP contribution in [-0.2, 0) is 0 Å². The van der Waals surface area contributed by atoms with Crippen LogP contribution in [0.5, 0.6) is 0 Å². The molecule has 1 aromatic heterocycles. The fourth-order valence-electron chi connectivity index (χ4n) is 2.74. The van der Waals surface area contributed by atoms with Gasteiger partial charge in [-0.2, -0.15) is 5.10 Å². The lowest BCUT2D eigenvalue weighted by Crippen LogP contribution is -2.22. The van der Waals surface area contributed by atoms with Crippen molar-refractivity contribution in [3.05, 3.63) is 101 Å². The number of hydrogen-bond acceptors (Lipinski definition) is 4. The SMILES string of the molecule is O=c1c2ccccc2nc(N/N=C\c2ccc(F)cc2)n1-c1ccccc1. The zero-order valence-electron chi connectivity index (χ0n) is 14.2. The standard InChI is InChI=1S/C21H15FN4O/c22-16-12-10-15(11-13-16)14-23-25-21-24-19-9-5-4-8-18(19)20(27)26(21)17-6-2-1-3-7-17/h1-14H,(H,24,25)/b23-14-. The van der Waals surface area contributed by atoms with Crippen LogP contribution in [0.3, 0.4) is 0 Å². The smallest absolute Gasteiger partial charge is 0.267 e. The summed E-state index contributed by atoms with van der Waals surface area (Å²) in [5, 5.41) is 4.68. The number of nitrogens with zero attached hydrogens (tertiary/aromatic N) is 3. The minimum atomic E-state index is -0.311. The molecule has 1 heterocycles. The lowest BCUT2D eigenvalue weighted by Gasteiger charge is -2.12. The monoisotopic (exact) mass is 358 g/mol. The Morgan fingerprint density at radius 1 is 0.926 bits per heavy atom. The van der Waals surface area contributed by atoms with Crippen LogP contribution in [0.25, 0.3) is 16.6 Å². The van der Waals surface area contributed by atoms with Gasteiger partial charge >= 0.3 is 0 Å². The average Bonchev–Trinajstić information content (AvgIpc) is 2.70. The summed E-state index contributed by atoms with van der Waals surface area (Å²) in [6, 6.07) is 22.3. The molecule has 0 aliphatic heterocycles. The Hall–Kier alpha value is -3.80. The molecule has 0 aliphatic rings. The third-order valence-corrected chi connectivity index (χ3v) is 4.04. The van der Waals surface area contributed by atoms with Crippen molar-refractivity contribution in [1.29, 1.82) is 0 Å². The van der Waals surface area contributed by atoms with E-state index >= 15 is 0 Å². The first-order valence-electron chi connectivity index (χ1n) is 8.34. The molecule has 3 aromatic carbocycles. The van der Waals surface area contributed by atoms with Crippen molar-refractivity contribution in [3.63, 3.8) is 0 Å². The molecule has 27 heavy (non-hydrogen) atoms. The predicted octanol–water partition coefficient (Wildman–Crippen LogP) is 3.97. The van der Waals surface area contributed by atoms with E-state index in [2.05, 4.69) is 15.5 Å². The first-order chi connectivity index (χ1) is 13.2. The van der Waals surface area contributed by atoms with Gasteiger partial charge in [-0.05, 0) is 42.0 Å². The Bertz CT molecular complexity index is 1170. The molecule has 0 saturated carbocycles. The quantitative estimate of drug-likeness (QED) is 0.444. The number of nitrogens with one attached hydrogen (secondary N) is 1. The number of benzene rings is 3. The van der Waals surface area contributed by atoms with Gasteiger partial charge in [0, 0.05) is 0 Å². The van der Waals surface area contributed by atoms with E-state index in [1.54, 1.807) is 30.3 Å². The lowest BCUT2D eigenvalue weighted by atomic mass is 10.2. The van der Waals surface area contributed by atoms with Crippen LogP contribution < -0.4 is 11.0 Å². The second kappa shape index (κ2) is 7.21. The van der Waals surface area contributed by atoms with Crippen molar-refractivity contribution in [3.8, 4) is 5.69 Å². The highest BCUT2D eigenvalue weighted by Crippen LogP contribution is 2.16. The minimum Gasteiger partial charge on any atom is -0.268 e. The van der Waals surface area contributed by atoms with Gasteiger partial charge in [-0.3, -0.25) is 4.79 Å². The van der Waals surface area contributed by atoms with E-state index in [1.165, 1.54) is 22.9 Å². The van der Waals surface area contributed by atoms with E-state index in [0.717, 1.165) is 5.56 Å². The van der Waals surface area contributed by atoms with Crippen molar-refractivity contribution in [2.45, 2.75) is 0 Å². The maximum Gasteiger partial charge on any atom is 0.267 e. The predicted molar refractivity (Wildman–Crippen MR) is 105 cm³/mol. The molecule has 0 unspecified atom stereocenters. The number of rotatable bonds is 4. The molecule has 6 heteroatoms. The summed E-state index contributed by atoms with van der Waals surface area (Å²) in [5.74, 6) is -0.0162. The van der Waals surface area contributed by atoms with Crippen molar-refractivity contribution >= 4 is 23.1 Å². The molecule has 0 radical (unpaired) electrons. The van der Waals surface area contributed by atoms with Crippen molar-refractivity contribution in [1.82, 2.24) is 9.55 Å². The zero-order chi connectivity index (χ0) is 18.6. The minimum absolute atomic E-state index is 0.189. The topological polar surface area (TPSA) is 59.3 Å². The van der Waals surface area contributed by atoms with Crippen molar-refractivity contribution in [2.24, 2.45) is 5.10 Å². The van der Waals surface area contributed by atoms with Gasteiger partial charge in [0.25, 0.3) is 5.56 Å². The Morgan fingerprint density at radius 2 is 1.63 bits per heavy atom. The Balaban J connectivity index is 1.78. The van der Waals surface area contributed by atoms with Gasteiger partial charge in [0.1, 0.15) is 5.82 Å². The molecular weight excluding hydrogens is 343 g/mol. The number of hydrogen-bond donors (Lipinski definition) is 1. The lowest BCUT2D eigenvalue weighted by molar-refractivity contribution is 0.628. The Morgan fingerprint density at radius 3 is 2.41 bits per heavy atom. The molecule has 4 rings (SSSR count). The fourth-order valence-corrected chi connectivity index (χ4v) is 2.74. The summed E-state index contributed by atoms with van der Waals surface area (Å²) in [7, 11) is 0. The molecule has 5 nitrogen and oxygen atoms in total. The number of anilines is 1. The number of halogens is 1. The normalized spacial score (nSPS) is 11.1. The molecule has 0 aliphatic carbocycles. The molecule has 0 saturated heterocycles. The average molecular weight is 358 g/mol. The van der Waals surface area contributed by atoms with E-state index in [9.17, 15) is 9.18 Å². The Labute approximate surface area is 154 Å². The maximum absolute atomic E-state index is 13.0. The van der Waals surface area contributed by atoms with E-state index in [4.69, 9.17) is 0 Å². The van der Waals surface area contributed by atoms with Gasteiger partial charge in [0.2, 0.25) is 5.95 Å². The summed E-state index contributed by atoms with van der Waals surface area (Å²) >= 11 is 0. The molecule has 4 aromatic rings. The fraction of sp³-hybridized carbons (Fsp3) is 0. The molecule has 0 amide bonds. The third kappa shape index (κ3) is 3.46. The second-order valence-electron chi connectivity index (χ2n) is 5.85. The summed E-state index contributed by atoms with van der Waals surface area (Å²) < 4.78 is 14.5. The van der Waals surface area contributed by atoms with Gasteiger partial charge in [0.05, 0.1) is 22.8 Å².